The van der Waals surface area contributed by atoms with Crippen molar-refractivity contribution in [3.63, 3.8) is 0 Å². The minimum atomic E-state index is -0.541. The van der Waals surface area contributed by atoms with Gasteiger partial charge >= 0.3 is 0 Å². The second-order valence-corrected chi connectivity index (χ2v) is 6.80. The lowest BCUT2D eigenvalue weighted by molar-refractivity contribution is -0.165. The van der Waals surface area contributed by atoms with Gasteiger partial charge in [-0.2, -0.15) is 0 Å². The predicted octanol–water partition coefficient (Wildman–Crippen LogP) is 2.29. The zero-order valence-corrected chi connectivity index (χ0v) is 13.7. The summed E-state index contributed by atoms with van der Waals surface area (Å²) in [5.74, 6) is -0.542. The second-order valence-electron chi connectivity index (χ2n) is 6.40. The van der Waals surface area contributed by atoms with Gasteiger partial charge in [0.1, 0.15) is 0 Å². The summed E-state index contributed by atoms with van der Waals surface area (Å²) in [6, 6.07) is 4.94. The van der Waals surface area contributed by atoms with Crippen LogP contribution >= 0.6 is 11.6 Å². The molecule has 3 rings (SSSR count). The minimum absolute atomic E-state index is 0.0949. The SMILES string of the molecule is CC1(C)CON(Cc2ccc(N3C(=O)CCC3=O)cc2Cl)C1=O. The molecule has 0 saturated carbocycles. The highest BCUT2D eigenvalue weighted by Gasteiger charge is 2.40. The first kappa shape index (κ1) is 16.0. The Bertz CT molecular complexity index is 685. The molecule has 0 unspecified atom stereocenters. The lowest BCUT2D eigenvalue weighted by Crippen LogP contribution is -2.30. The van der Waals surface area contributed by atoms with Crippen molar-refractivity contribution in [2.24, 2.45) is 5.41 Å². The maximum Gasteiger partial charge on any atom is 0.254 e. The van der Waals surface area contributed by atoms with Gasteiger partial charge in [0.05, 0.1) is 24.3 Å². The van der Waals surface area contributed by atoms with Crippen LogP contribution in [0.1, 0.15) is 32.3 Å². The molecule has 0 spiro atoms. The van der Waals surface area contributed by atoms with Crippen molar-refractivity contribution in [2.75, 3.05) is 11.5 Å². The fourth-order valence-corrected chi connectivity index (χ4v) is 2.87. The molecule has 1 aromatic carbocycles. The van der Waals surface area contributed by atoms with Crippen LogP contribution in [0.5, 0.6) is 0 Å². The van der Waals surface area contributed by atoms with Gasteiger partial charge in [0, 0.05) is 17.9 Å². The maximum absolute atomic E-state index is 12.2. The molecule has 2 aliphatic heterocycles. The molecule has 0 radical (unpaired) electrons. The number of rotatable bonds is 3. The number of amides is 3. The summed E-state index contributed by atoms with van der Waals surface area (Å²) in [6.45, 7) is 4.21. The molecule has 0 aliphatic carbocycles. The molecule has 2 saturated heterocycles. The summed E-state index contributed by atoms with van der Waals surface area (Å²) in [5.41, 5.74) is 0.613. The van der Waals surface area contributed by atoms with Gasteiger partial charge in [-0.3, -0.25) is 24.1 Å². The van der Waals surface area contributed by atoms with Gasteiger partial charge in [0.15, 0.2) is 0 Å². The molecule has 122 valence electrons. The summed E-state index contributed by atoms with van der Waals surface area (Å²) in [5, 5.41) is 1.68. The number of hydrogen-bond acceptors (Lipinski definition) is 4. The van der Waals surface area contributed by atoms with E-state index >= 15 is 0 Å². The highest BCUT2D eigenvalue weighted by molar-refractivity contribution is 6.32. The molecule has 2 fully saturated rings. The number of hydroxylamine groups is 2. The van der Waals surface area contributed by atoms with Gasteiger partial charge in [-0.15, -0.1) is 0 Å². The smallest absolute Gasteiger partial charge is 0.254 e. The van der Waals surface area contributed by atoms with Crippen molar-refractivity contribution in [1.29, 1.82) is 0 Å². The lowest BCUT2D eigenvalue weighted by atomic mass is 9.95. The van der Waals surface area contributed by atoms with Crippen molar-refractivity contribution < 1.29 is 19.2 Å². The highest BCUT2D eigenvalue weighted by atomic mass is 35.5. The third-order valence-electron chi connectivity index (χ3n) is 4.05. The molecule has 6 nitrogen and oxygen atoms in total. The van der Waals surface area contributed by atoms with Crippen LogP contribution < -0.4 is 4.90 Å². The summed E-state index contributed by atoms with van der Waals surface area (Å²) in [7, 11) is 0. The Labute approximate surface area is 138 Å². The molecule has 0 N–H and O–H groups in total. The zero-order chi connectivity index (χ0) is 16.8. The Balaban J connectivity index is 1.79. The molecule has 2 heterocycles. The number of carbonyl (C=O) groups excluding carboxylic acids is 3. The minimum Gasteiger partial charge on any atom is -0.274 e. The zero-order valence-electron chi connectivity index (χ0n) is 13.0. The van der Waals surface area contributed by atoms with Gasteiger partial charge in [0.25, 0.3) is 5.91 Å². The van der Waals surface area contributed by atoms with E-state index in [2.05, 4.69) is 0 Å². The number of imide groups is 1. The first-order chi connectivity index (χ1) is 10.8. The van der Waals surface area contributed by atoms with E-state index in [9.17, 15) is 14.4 Å². The van der Waals surface area contributed by atoms with Gasteiger partial charge in [0.2, 0.25) is 11.8 Å². The molecule has 2 aliphatic rings. The van der Waals surface area contributed by atoms with E-state index in [0.29, 0.717) is 22.9 Å². The Hall–Kier alpha value is -1.92. The van der Waals surface area contributed by atoms with Crippen LogP contribution in [-0.4, -0.2) is 29.4 Å². The van der Waals surface area contributed by atoms with Crippen LogP contribution in [0.3, 0.4) is 0 Å². The highest BCUT2D eigenvalue weighted by Crippen LogP contribution is 2.32. The Morgan fingerprint density at radius 2 is 1.83 bits per heavy atom. The number of hydrogen-bond donors (Lipinski definition) is 0. The third-order valence-corrected chi connectivity index (χ3v) is 4.40. The Kier molecular flexibility index (Phi) is 3.90. The van der Waals surface area contributed by atoms with Crippen molar-refractivity contribution in [3.05, 3.63) is 28.8 Å². The molecular weight excluding hydrogens is 320 g/mol. The normalized spacial score (nSPS) is 20.7. The van der Waals surface area contributed by atoms with Crippen molar-refractivity contribution >= 4 is 35.0 Å². The predicted molar refractivity (Wildman–Crippen MR) is 83.5 cm³/mol. The van der Waals surface area contributed by atoms with E-state index in [0.717, 1.165) is 4.90 Å². The van der Waals surface area contributed by atoms with E-state index in [1.54, 1.807) is 18.2 Å². The number of carbonyl (C=O) groups is 3. The van der Waals surface area contributed by atoms with Crippen molar-refractivity contribution in [3.8, 4) is 0 Å². The van der Waals surface area contributed by atoms with Gasteiger partial charge in [-0.1, -0.05) is 17.7 Å². The van der Waals surface area contributed by atoms with Gasteiger partial charge < -0.3 is 0 Å². The first-order valence-corrected chi connectivity index (χ1v) is 7.76. The molecule has 23 heavy (non-hydrogen) atoms. The summed E-state index contributed by atoms with van der Waals surface area (Å²) in [6.07, 6.45) is 0.451. The van der Waals surface area contributed by atoms with Gasteiger partial charge in [-0.05, 0) is 31.5 Å². The van der Waals surface area contributed by atoms with Crippen LogP contribution in [0, 0.1) is 5.41 Å². The van der Waals surface area contributed by atoms with E-state index in [1.165, 1.54) is 5.06 Å². The molecule has 1 aromatic rings. The molecule has 0 aromatic heterocycles. The van der Waals surface area contributed by atoms with E-state index in [-0.39, 0.29) is 37.1 Å². The number of benzene rings is 1. The maximum atomic E-state index is 12.2. The number of nitrogens with zero attached hydrogens (tertiary/aromatic N) is 2. The lowest BCUT2D eigenvalue weighted by Gasteiger charge is -2.19. The fraction of sp³-hybridized carbons (Fsp3) is 0.438. The van der Waals surface area contributed by atoms with E-state index in [4.69, 9.17) is 16.4 Å². The Morgan fingerprint density at radius 1 is 1.17 bits per heavy atom. The largest absolute Gasteiger partial charge is 0.274 e. The van der Waals surface area contributed by atoms with Crippen molar-refractivity contribution in [2.45, 2.75) is 33.2 Å². The number of halogens is 1. The van der Waals surface area contributed by atoms with Crippen LogP contribution in [0.2, 0.25) is 5.02 Å². The number of anilines is 1. The quantitative estimate of drug-likeness (QED) is 0.794. The van der Waals surface area contributed by atoms with Crippen LogP contribution in [0.15, 0.2) is 18.2 Å². The monoisotopic (exact) mass is 336 g/mol. The summed E-state index contributed by atoms with van der Waals surface area (Å²) in [4.78, 5) is 42.3. The molecule has 0 atom stereocenters. The van der Waals surface area contributed by atoms with Crippen LogP contribution in [0.4, 0.5) is 5.69 Å². The molecule has 0 bridgehead atoms. The van der Waals surface area contributed by atoms with E-state index < -0.39 is 5.41 Å². The fourth-order valence-electron chi connectivity index (χ4n) is 2.64. The van der Waals surface area contributed by atoms with Crippen LogP contribution in [0.25, 0.3) is 0 Å². The Morgan fingerprint density at radius 3 is 2.35 bits per heavy atom. The summed E-state index contributed by atoms with van der Waals surface area (Å²) < 4.78 is 0. The summed E-state index contributed by atoms with van der Waals surface area (Å²) >= 11 is 6.26. The molecule has 3 amide bonds. The van der Waals surface area contributed by atoms with Gasteiger partial charge in [-0.25, -0.2) is 5.06 Å². The standard InChI is InChI=1S/C16H17ClN2O4/c1-16(2)9-23-18(15(16)22)8-10-3-4-11(7-12(10)17)19-13(20)5-6-14(19)21/h3-4,7H,5-6,8-9H2,1-2H3. The third kappa shape index (κ3) is 2.84. The average Bonchev–Trinajstić information content (AvgIpc) is 2.95. The second kappa shape index (κ2) is 5.62. The van der Waals surface area contributed by atoms with E-state index in [1.807, 2.05) is 13.8 Å². The van der Waals surface area contributed by atoms with Crippen LogP contribution in [-0.2, 0) is 25.8 Å². The molecular formula is C16H17ClN2O4. The van der Waals surface area contributed by atoms with Crippen molar-refractivity contribution in [1.82, 2.24) is 5.06 Å². The topological polar surface area (TPSA) is 66.9 Å². The first-order valence-electron chi connectivity index (χ1n) is 7.39. The average molecular weight is 337 g/mol. The molecule has 7 heteroatoms.